The van der Waals surface area contributed by atoms with E-state index in [2.05, 4.69) is 26.1 Å². The maximum absolute atomic E-state index is 12.8. The average Bonchev–Trinajstić information content (AvgIpc) is 3.46. The van der Waals surface area contributed by atoms with Crippen LogP contribution in [0.5, 0.6) is 0 Å². The van der Waals surface area contributed by atoms with Crippen molar-refractivity contribution in [1.82, 2.24) is 19.3 Å². The first-order chi connectivity index (χ1) is 14.8. The van der Waals surface area contributed by atoms with Gasteiger partial charge in [0, 0.05) is 35.7 Å². The molecule has 2 aromatic carbocycles. The molecule has 1 aromatic heterocycles. The lowest BCUT2D eigenvalue weighted by Gasteiger charge is -2.17. The van der Waals surface area contributed by atoms with E-state index >= 15 is 0 Å². The van der Waals surface area contributed by atoms with Crippen LogP contribution in [0.25, 0.3) is 11.4 Å². The van der Waals surface area contributed by atoms with E-state index in [1.54, 1.807) is 7.05 Å². The van der Waals surface area contributed by atoms with Crippen LogP contribution in [0.1, 0.15) is 29.1 Å². The predicted octanol–water partition coefficient (Wildman–Crippen LogP) is 3.56. The van der Waals surface area contributed by atoms with Crippen molar-refractivity contribution in [2.24, 2.45) is 0 Å². The van der Waals surface area contributed by atoms with E-state index in [0.717, 1.165) is 22.9 Å². The van der Waals surface area contributed by atoms with Crippen LogP contribution in [-0.4, -0.2) is 53.8 Å². The molecule has 0 aliphatic carbocycles. The van der Waals surface area contributed by atoms with E-state index in [4.69, 9.17) is 4.52 Å². The van der Waals surface area contributed by atoms with Gasteiger partial charge in [0.25, 0.3) is 5.91 Å². The number of hydrogen-bond acceptors (Lipinski definition) is 6. The highest BCUT2D eigenvalue weighted by molar-refractivity contribution is 9.10. The highest BCUT2D eigenvalue weighted by atomic mass is 79.9. The Hall–Kier alpha value is -2.56. The summed E-state index contributed by atoms with van der Waals surface area (Å²) >= 11 is 3.41. The average molecular weight is 505 g/mol. The molecule has 2 heterocycles. The van der Waals surface area contributed by atoms with E-state index in [-0.39, 0.29) is 17.3 Å². The van der Waals surface area contributed by atoms with Gasteiger partial charge in [0.1, 0.15) is 0 Å². The number of carbonyl (C=O) groups excluding carboxylic acids is 1. The number of amides is 1. The number of sulfonamides is 1. The highest BCUT2D eigenvalue weighted by Gasteiger charge is 2.27. The topological polar surface area (TPSA) is 96.6 Å². The molecule has 0 spiro atoms. The van der Waals surface area contributed by atoms with Crippen molar-refractivity contribution in [3.8, 4) is 11.4 Å². The van der Waals surface area contributed by atoms with Crippen molar-refractivity contribution in [3.63, 3.8) is 0 Å². The minimum absolute atomic E-state index is 0.133. The Morgan fingerprint density at radius 3 is 2.55 bits per heavy atom. The summed E-state index contributed by atoms with van der Waals surface area (Å²) in [6.07, 6.45) is 1.75. The summed E-state index contributed by atoms with van der Waals surface area (Å²) in [5.74, 6) is 0.472. The third-order valence-corrected chi connectivity index (χ3v) is 7.48. The zero-order chi connectivity index (χ0) is 22.0. The van der Waals surface area contributed by atoms with Gasteiger partial charge in [0.05, 0.1) is 11.4 Å². The molecule has 0 atom stereocenters. The summed E-state index contributed by atoms with van der Waals surface area (Å²) in [6.45, 7) is 1.21. The number of benzene rings is 2. The molecule has 0 unspecified atom stereocenters. The molecule has 0 radical (unpaired) electrons. The van der Waals surface area contributed by atoms with Crippen molar-refractivity contribution in [2.45, 2.75) is 24.3 Å². The van der Waals surface area contributed by atoms with Gasteiger partial charge < -0.3 is 9.42 Å². The van der Waals surface area contributed by atoms with Gasteiger partial charge in [-0.05, 0) is 49.2 Å². The highest BCUT2D eigenvalue weighted by Crippen LogP contribution is 2.22. The van der Waals surface area contributed by atoms with Gasteiger partial charge in [-0.3, -0.25) is 4.79 Å². The Kier molecular flexibility index (Phi) is 6.22. The van der Waals surface area contributed by atoms with E-state index < -0.39 is 10.0 Å². The summed E-state index contributed by atoms with van der Waals surface area (Å²) in [5.41, 5.74) is 1.18. The molecule has 4 rings (SSSR count). The Morgan fingerprint density at radius 1 is 1.16 bits per heavy atom. The summed E-state index contributed by atoms with van der Waals surface area (Å²) in [7, 11) is -1.88. The molecule has 1 aliphatic rings. The second-order valence-electron chi connectivity index (χ2n) is 7.32. The molecule has 1 aliphatic heterocycles. The van der Waals surface area contributed by atoms with Gasteiger partial charge in [0.15, 0.2) is 0 Å². The third-order valence-electron chi connectivity index (χ3n) is 5.07. The first-order valence-corrected chi connectivity index (χ1v) is 12.0. The SMILES string of the molecule is CN(Cc1nc(-c2cccc(Br)c2)no1)C(=O)c1ccc(S(=O)(=O)N2CCCC2)cc1. The van der Waals surface area contributed by atoms with Crippen LogP contribution in [-0.2, 0) is 16.6 Å². The zero-order valence-electron chi connectivity index (χ0n) is 16.9. The minimum atomic E-state index is -3.50. The number of halogens is 1. The van der Waals surface area contributed by atoms with E-state index in [1.807, 2.05) is 24.3 Å². The third kappa shape index (κ3) is 4.70. The fourth-order valence-corrected chi connectivity index (χ4v) is 5.32. The molecule has 162 valence electrons. The molecule has 10 heteroatoms. The van der Waals surface area contributed by atoms with E-state index in [0.29, 0.717) is 30.4 Å². The normalized spacial score (nSPS) is 14.6. The monoisotopic (exact) mass is 504 g/mol. The zero-order valence-corrected chi connectivity index (χ0v) is 19.3. The van der Waals surface area contributed by atoms with Gasteiger partial charge in [-0.1, -0.05) is 33.2 Å². The number of rotatable bonds is 6. The summed E-state index contributed by atoms with van der Waals surface area (Å²) < 4.78 is 32.9. The Morgan fingerprint density at radius 2 is 1.87 bits per heavy atom. The van der Waals surface area contributed by atoms with Crippen LogP contribution in [0, 0.1) is 0 Å². The number of nitrogens with zero attached hydrogens (tertiary/aromatic N) is 4. The maximum atomic E-state index is 12.8. The second kappa shape index (κ2) is 8.89. The van der Waals surface area contributed by atoms with Crippen molar-refractivity contribution < 1.29 is 17.7 Å². The summed E-state index contributed by atoms with van der Waals surface area (Å²) in [4.78, 5) is 18.8. The lowest BCUT2D eigenvalue weighted by molar-refractivity contribution is 0.0769. The molecule has 0 saturated carbocycles. The van der Waals surface area contributed by atoms with Gasteiger partial charge >= 0.3 is 0 Å². The lowest BCUT2D eigenvalue weighted by Crippen LogP contribution is -2.28. The van der Waals surface area contributed by atoms with Gasteiger partial charge in [0.2, 0.25) is 21.7 Å². The van der Waals surface area contributed by atoms with Crippen molar-refractivity contribution in [1.29, 1.82) is 0 Å². The minimum Gasteiger partial charge on any atom is -0.337 e. The summed E-state index contributed by atoms with van der Waals surface area (Å²) in [5, 5.41) is 3.97. The van der Waals surface area contributed by atoms with Crippen LogP contribution in [0.2, 0.25) is 0 Å². The fraction of sp³-hybridized carbons (Fsp3) is 0.286. The molecule has 0 N–H and O–H groups in total. The predicted molar refractivity (Wildman–Crippen MR) is 118 cm³/mol. The largest absolute Gasteiger partial charge is 0.337 e. The molecule has 31 heavy (non-hydrogen) atoms. The van der Waals surface area contributed by atoms with Crippen molar-refractivity contribution in [3.05, 3.63) is 64.5 Å². The quantitative estimate of drug-likeness (QED) is 0.509. The van der Waals surface area contributed by atoms with Gasteiger partial charge in [-0.2, -0.15) is 9.29 Å². The van der Waals surface area contributed by atoms with E-state index in [9.17, 15) is 13.2 Å². The van der Waals surface area contributed by atoms with Gasteiger partial charge in [-0.15, -0.1) is 0 Å². The van der Waals surface area contributed by atoms with Crippen LogP contribution >= 0.6 is 15.9 Å². The number of carbonyl (C=O) groups is 1. The molecule has 1 amide bonds. The van der Waals surface area contributed by atoms with Crippen LogP contribution in [0.3, 0.4) is 0 Å². The van der Waals surface area contributed by atoms with E-state index in [1.165, 1.54) is 33.5 Å². The summed E-state index contributed by atoms with van der Waals surface area (Å²) in [6, 6.07) is 13.5. The smallest absolute Gasteiger partial charge is 0.254 e. The standard InChI is InChI=1S/C21H21BrN4O4S/c1-25(14-19-23-20(24-30-19)16-5-4-6-17(22)13-16)21(27)15-7-9-18(10-8-15)31(28,29)26-11-2-3-12-26/h4-10,13H,2-3,11-12,14H2,1H3. The Bertz CT molecular complexity index is 1190. The first-order valence-electron chi connectivity index (χ1n) is 9.79. The molecule has 1 fully saturated rings. The van der Waals surface area contributed by atoms with Crippen LogP contribution in [0.15, 0.2) is 62.4 Å². The lowest BCUT2D eigenvalue weighted by atomic mass is 10.2. The van der Waals surface area contributed by atoms with Crippen LogP contribution in [0.4, 0.5) is 0 Å². The molecule has 3 aromatic rings. The number of aromatic nitrogens is 2. The van der Waals surface area contributed by atoms with Gasteiger partial charge in [-0.25, -0.2) is 8.42 Å². The Labute approximate surface area is 189 Å². The molecule has 8 nitrogen and oxygen atoms in total. The fourth-order valence-electron chi connectivity index (χ4n) is 3.41. The molecular weight excluding hydrogens is 484 g/mol. The Balaban J connectivity index is 1.44. The molecule has 0 bridgehead atoms. The number of hydrogen-bond donors (Lipinski definition) is 0. The van der Waals surface area contributed by atoms with Crippen LogP contribution < -0.4 is 0 Å². The van der Waals surface area contributed by atoms with Crippen molar-refractivity contribution in [2.75, 3.05) is 20.1 Å². The maximum Gasteiger partial charge on any atom is 0.254 e. The molecule has 1 saturated heterocycles. The van der Waals surface area contributed by atoms with Crippen molar-refractivity contribution >= 4 is 31.9 Å². The first kappa shape index (κ1) is 21.7. The second-order valence-corrected chi connectivity index (χ2v) is 10.2. The molecular formula is C21H21BrN4O4S.